The van der Waals surface area contributed by atoms with Crippen LogP contribution in [0.1, 0.15) is 27.7 Å². The molecule has 0 radical (unpaired) electrons. The summed E-state index contributed by atoms with van der Waals surface area (Å²) in [6, 6.07) is 0. The number of carbonyl (C=O) groups excluding carboxylic acids is 1. The summed E-state index contributed by atoms with van der Waals surface area (Å²) in [5, 5.41) is 4.06. The molecule has 0 saturated carbocycles. The van der Waals surface area contributed by atoms with Gasteiger partial charge in [-0.2, -0.15) is 5.06 Å². The van der Waals surface area contributed by atoms with Crippen molar-refractivity contribution >= 4 is 6.09 Å². The minimum Gasteiger partial charge on any atom is -0.444 e. The maximum absolute atomic E-state index is 11.2. The Morgan fingerprint density at radius 3 is 2.21 bits per heavy atom. The highest BCUT2D eigenvalue weighted by molar-refractivity contribution is 5.67. The van der Waals surface area contributed by atoms with Gasteiger partial charge in [-0.3, -0.25) is 10.2 Å². The number of carbonyl (C=O) groups is 1. The van der Waals surface area contributed by atoms with Crippen molar-refractivity contribution in [2.75, 3.05) is 14.1 Å². The Hall–Kier alpha value is -0.810. The van der Waals surface area contributed by atoms with Gasteiger partial charge in [-0.15, -0.1) is 0 Å². The third-order valence-corrected chi connectivity index (χ3v) is 1.09. The molecule has 0 saturated heterocycles. The molecule has 5 nitrogen and oxygen atoms in total. The van der Waals surface area contributed by atoms with Crippen LogP contribution in [0.15, 0.2) is 0 Å². The van der Waals surface area contributed by atoms with Crippen molar-refractivity contribution in [3.63, 3.8) is 0 Å². The van der Waals surface area contributed by atoms with Crippen molar-refractivity contribution in [2.24, 2.45) is 0 Å². The maximum atomic E-state index is 11.2. The van der Waals surface area contributed by atoms with E-state index >= 15 is 0 Å². The molecule has 1 unspecified atom stereocenters. The smallest absolute Gasteiger partial charge is 0.409 e. The fourth-order valence-corrected chi connectivity index (χ4v) is 0.816. The molecule has 0 aliphatic carbocycles. The van der Waals surface area contributed by atoms with E-state index in [9.17, 15) is 4.79 Å². The first-order valence-corrected chi connectivity index (χ1v) is 4.54. The lowest BCUT2D eigenvalue weighted by atomic mass is 10.2. The van der Waals surface area contributed by atoms with E-state index in [1.807, 2.05) is 20.8 Å². The second kappa shape index (κ2) is 5.17. The average molecular weight is 204 g/mol. The van der Waals surface area contributed by atoms with Crippen LogP contribution in [-0.2, 0) is 9.57 Å². The van der Waals surface area contributed by atoms with Crippen molar-refractivity contribution < 1.29 is 14.4 Å². The lowest BCUT2D eigenvalue weighted by molar-refractivity contribution is -0.166. The third kappa shape index (κ3) is 7.82. The fourth-order valence-electron chi connectivity index (χ4n) is 0.816. The molecule has 0 aliphatic rings. The van der Waals surface area contributed by atoms with Crippen LogP contribution in [0.25, 0.3) is 0 Å². The molecule has 0 aromatic heterocycles. The Balaban J connectivity index is 3.83. The number of ether oxygens (including phenoxy) is 1. The zero-order chi connectivity index (χ0) is 11.4. The number of rotatable bonds is 3. The number of hydrogen-bond acceptors (Lipinski definition) is 4. The van der Waals surface area contributed by atoms with E-state index in [1.54, 1.807) is 21.0 Å². The topological polar surface area (TPSA) is 50.8 Å². The quantitative estimate of drug-likeness (QED) is 0.557. The van der Waals surface area contributed by atoms with Crippen molar-refractivity contribution in [2.45, 2.75) is 39.5 Å². The van der Waals surface area contributed by atoms with Gasteiger partial charge in [0.05, 0.1) is 0 Å². The number of hydrogen-bond donors (Lipinski definition) is 1. The van der Waals surface area contributed by atoms with Crippen molar-refractivity contribution in [1.82, 2.24) is 10.4 Å². The van der Waals surface area contributed by atoms with Crippen LogP contribution < -0.4 is 5.32 Å². The highest BCUT2D eigenvalue weighted by atomic mass is 16.7. The molecule has 0 spiro atoms. The summed E-state index contributed by atoms with van der Waals surface area (Å²) in [4.78, 5) is 16.4. The van der Waals surface area contributed by atoms with Gasteiger partial charge in [0, 0.05) is 14.1 Å². The predicted molar refractivity (Wildman–Crippen MR) is 53.6 cm³/mol. The third-order valence-electron chi connectivity index (χ3n) is 1.09. The number of hydroxylamine groups is 2. The highest BCUT2D eigenvalue weighted by Gasteiger charge is 2.17. The molecule has 0 bridgehead atoms. The van der Waals surface area contributed by atoms with E-state index in [0.29, 0.717) is 0 Å². The second-order valence-corrected chi connectivity index (χ2v) is 4.21. The van der Waals surface area contributed by atoms with Gasteiger partial charge in [-0.1, -0.05) is 0 Å². The minimum absolute atomic E-state index is 0.403. The van der Waals surface area contributed by atoms with E-state index in [1.165, 1.54) is 5.06 Å². The summed E-state index contributed by atoms with van der Waals surface area (Å²) < 4.78 is 5.04. The second-order valence-electron chi connectivity index (χ2n) is 4.21. The molecule has 0 rings (SSSR count). The van der Waals surface area contributed by atoms with Gasteiger partial charge >= 0.3 is 6.09 Å². The lowest BCUT2D eigenvalue weighted by Gasteiger charge is -2.23. The van der Waals surface area contributed by atoms with E-state index in [4.69, 9.17) is 9.57 Å². The Morgan fingerprint density at radius 1 is 1.36 bits per heavy atom. The first-order valence-electron chi connectivity index (χ1n) is 4.54. The van der Waals surface area contributed by atoms with Crippen LogP contribution in [0.2, 0.25) is 0 Å². The first-order chi connectivity index (χ1) is 6.20. The van der Waals surface area contributed by atoms with Crippen LogP contribution in [0.4, 0.5) is 4.79 Å². The molecule has 5 heteroatoms. The normalized spacial score (nSPS) is 13.9. The van der Waals surface area contributed by atoms with Crippen molar-refractivity contribution in [3.05, 3.63) is 0 Å². The summed E-state index contributed by atoms with van der Waals surface area (Å²) in [5.74, 6) is 0. The summed E-state index contributed by atoms with van der Waals surface area (Å²) in [6.07, 6.45) is -0.883. The van der Waals surface area contributed by atoms with Crippen LogP contribution in [0.3, 0.4) is 0 Å². The molecular formula is C9H20N2O3. The van der Waals surface area contributed by atoms with Crippen LogP contribution in [-0.4, -0.2) is 37.1 Å². The zero-order valence-electron chi connectivity index (χ0n) is 9.75. The molecule has 0 aliphatic heterocycles. The van der Waals surface area contributed by atoms with Gasteiger partial charge in [0.25, 0.3) is 0 Å². The van der Waals surface area contributed by atoms with E-state index in [0.717, 1.165) is 0 Å². The molecule has 0 aromatic carbocycles. The Morgan fingerprint density at radius 2 is 1.86 bits per heavy atom. The largest absolute Gasteiger partial charge is 0.444 e. The van der Waals surface area contributed by atoms with Gasteiger partial charge < -0.3 is 4.74 Å². The maximum Gasteiger partial charge on any atom is 0.409 e. The van der Waals surface area contributed by atoms with E-state index < -0.39 is 17.9 Å². The Labute approximate surface area is 85.3 Å². The van der Waals surface area contributed by atoms with Gasteiger partial charge in [0.1, 0.15) is 5.60 Å². The Kier molecular flexibility index (Phi) is 4.87. The molecule has 0 aromatic rings. The summed E-state index contributed by atoms with van der Waals surface area (Å²) in [6.45, 7) is 7.15. The monoisotopic (exact) mass is 204 g/mol. The van der Waals surface area contributed by atoms with E-state index in [2.05, 4.69) is 5.32 Å². The van der Waals surface area contributed by atoms with Crippen LogP contribution in [0.5, 0.6) is 0 Å². The van der Waals surface area contributed by atoms with Gasteiger partial charge in [0.2, 0.25) is 0 Å². The van der Waals surface area contributed by atoms with E-state index in [-0.39, 0.29) is 0 Å². The van der Waals surface area contributed by atoms with Crippen molar-refractivity contribution in [1.29, 1.82) is 0 Å². The van der Waals surface area contributed by atoms with Crippen LogP contribution >= 0.6 is 0 Å². The summed E-state index contributed by atoms with van der Waals surface area (Å²) >= 11 is 0. The minimum atomic E-state index is -0.484. The molecule has 0 heterocycles. The SMILES string of the molecule is CC(NC(=O)OC(C)(C)C)ON(C)C. The summed E-state index contributed by atoms with van der Waals surface area (Å²) in [5.41, 5.74) is -0.484. The number of nitrogens with zero attached hydrogens (tertiary/aromatic N) is 1. The fraction of sp³-hybridized carbons (Fsp3) is 0.889. The molecule has 14 heavy (non-hydrogen) atoms. The van der Waals surface area contributed by atoms with Crippen LogP contribution in [0, 0.1) is 0 Å². The summed E-state index contributed by atoms with van der Waals surface area (Å²) in [7, 11) is 3.49. The first kappa shape index (κ1) is 13.2. The molecule has 0 fully saturated rings. The van der Waals surface area contributed by atoms with Gasteiger partial charge in [-0.05, 0) is 27.7 Å². The average Bonchev–Trinajstić information content (AvgIpc) is 1.77. The zero-order valence-corrected chi connectivity index (χ0v) is 9.75. The number of nitrogens with one attached hydrogen (secondary N) is 1. The molecular weight excluding hydrogens is 184 g/mol. The molecule has 1 amide bonds. The molecule has 1 N–H and O–H groups in total. The standard InChI is InChI=1S/C9H20N2O3/c1-7(14-11(5)6)10-8(12)13-9(2,3)4/h7H,1-6H3,(H,10,12). The van der Waals surface area contributed by atoms with Gasteiger partial charge in [0.15, 0.2) is 6.23 Å². The Bertz CT molecular complexity index is 187. The molecule has 84 valence electrons. The number of amides is 1. The van der Waals surface area contributed by atoms with Gasteiger partial charge in [-0.25, -0.2) is 4.79 Å². The molecule has 1 atom stereocenters. The predicted octanol–water partition coefficient (Wildman–Crippen LogP) is 1.35. The highest BCUT2D eigenvalue weighted by Crippen LogP contribution is 2.06. The van der Waals surface area contributed by atoms with Crippen molar-refractivity contribution in [3.8, 4) is 0 Å². The lowest BCUT2D eigenvalue weighted by Crippen LogP contribution is -2.41. The number of alkyl carbamates (subject to hydrolysis) is 1.